The van der Waals surface area contributed by atoms with Gasteiger partial charge in [-0.05, 0) is 24.1 Å². The van der Waals surface area contributed by atoms with E-state index in [0.717, 1.165) is 5.56 Å². The van der Waals surface area contributed by atoms with Crippen molar-refractivity contribution in [2.75, 3.05) is 40.3 Å². The van der Waals surface area contributed by atoms with Gasteiger partial charge in [-0.25, -0.2) is 0 Å². The molecular formula is C21H28N4O5S. The summed E-state index contributed by atoms with van der Waals surface area (Å²) in [6, 6.07) is 11.8. The molecule has 1 aromatic heterocycles. The lowest BCUT2D eigenvalue weighted by atomic mass is 10.0. The molecule has 2 amide bonds. The predicted molar refractivity (Wildman–Crippen MR) is 115 cm³/mol. The maximum absolute atomic E-state index is 13.4. The molecule has 168 valence electrons. The van der Waals surface area contributed by atoms with E-state index in [1.807, 2.05) is 30.3 Å². The van der Waals surface area contributed by atoms with E-state index in [0.29, 0.717) is 25.9 Å². The lowest BCUT2D eigenvalue weighted by Gasteiger charge is -2.27. The SMILES string of the molecule is CN(C)S(=O)(=O)N1CCCN(C(=O)C(Cc2ccccc2)NC(=O)c2ccco2)CC1. The van der Waals surface area contributed by atoms with E-state index in [-0.39, 0.29) is 24.8 Å². The number of amides is 2. The number of benzene rings is 1. The number of rotatable bonds is 7. The van der Waals surface area contributed by atoms with Gasteiger partial charge in [0.1, 0.15) is 6.04 Å². The van der Waals surface area contributed by atoms with Gasteiger partial charge in [0.05, 0.1) is 6.26 Å². The van der Waals surface area contributed by atoms with Crippen LogP contribution in [0.5, 0.6) is 0 Å². The molecule has 2 heterocycles. The van der Waals surface area contributed by atoms with Gasteiger partial charge in [0, 0.05) is 46.7 Å². The number of nitrogens with one attached hydrogen (secondary N) is 1. The Labute approximate surface area is 182 Å². The topological polar surface area (TPSA) is 103 Å². The van der Waals surface area contributed by atoms with E-state index in [2.05, 4.69) is 5.32 Å². The van der Waals surface area contributed by atoms with Gasteiger partial charge in [0.2, 0.25) is 5.91 Å². The molecule has 1 aromatic carbocycles. The Morgan fingerprint density at radius 2 is 1.81 bits per heavy atom. The normalized spacial score (nSPS) is 16.7. The van der Waals surface area contributed by atoms with Crippen LogP contribution in [0.4, 0.5) is 0 Å². The van der Waals surface area contributed by atoms with Gasteiger partial charge in [0.25, 0.3) is 16.1 Å². The number of carbonyl (C=O) groups is 2. The first-order chi connectivity index (χ1) is 14.8. The van der Waals surface area contributed by atoms with E-state index < -0.39 is 22.2 Å². The second-order valence-corrected chi connectivity index (χ2v) is 9.70. The number of carbonyl (C=O) groups excluding carboxylic acids is 2. The second-order valence-electron chi connectivity index (χ2n) is 7.56. The van der Waals surface area contributed by atoms with Crippen molar-refractivity contribution in [3.8, 4) is 0 Å². The summed E-state index contributed by atoms with van der Waals surface area (Å²) in [7, 11) is -0.565. The van der Waals surface area contributed by atoms with Crippen LogP contribution in [0.2, 0.25) is 0 Å². The molecule has 1 aliphatic rings. The molecule has 10 heteroatoms. The Morgan fingerprint density at radius 1 is 1.06 bits per heavy atom. The summed E-state index contributed by atoms with van der Waals surface area (Å²) in [4.78, 5) is 27.5. The average molecular weight is 449 g/mol. The minimum absolute atomic E-state index is 0.130. The Hall–Kier alpha value is -2.69. The van der Waals surface area contributed by atoms with Crippen molar-refractivity contribution < 1.29 is 22.4 Å². The highest BCUT2D eigenvalue weighted by molar-refractivity contribution is 7.86. The molecule has 31 heavy (non-hydrogen) atoms. The van der Waals surface area contributed by atoms with Gasteiger partial charge in [-0.15, -0.1) is 0 Å². The minimum Gasteiger partial charge on any atom is -0.459 e. The van der Waals surface area contributed by atoms with Crippen LogP contribution in [0.25, 0.3) is 0 Å². The molecule has 1 unspecified atom stereocenters. The highest BCUT2D eigenvalue weighted by Gasteiger charge is 2.32. The Kier molecular flexibility index (Phi) is 7.47. The van der Waals surface area contributed by atoms with Crippen molar-refractivity contribution >= 4 is 22.0 Å². The Bertz CT molecular complexity index is 976. The highest BCUT2D eigenvalue weighted by Crippen LogP contribution is 2.13. The molecule has 0 saturated carbocycles. The minimum atomic E-state index is -3.54. The van der Waals surface area contributed by atoms with E-state index >= 15 is 0 Å². The van der Waals surface area contributed by atoms with E-state index in [1.165, 1.54) is 35.0 Å². The molecule has 3 rings (SSSR count). The molecular weight excluding hydrogens is 420 g/mol. The summed E-state index contributed by atoms with van der Waals surface area (Å²) in [5.41, 5.74) is 0.909. The molecule has 1 aliphatic heterocycles. The maximum Gasteiger partial charge on any atom is 0.287 e. The van der Waals surface area contributed by atoms with Crippen LogP contribution in [0.1, 0.15) is 22.5 Å². The van der Waals surface area contributed by atoms with Gasteiger partial charge in [-0.3, -0.25) is 9.59 Å². The maximum atomic E-state index is 13.4. The highest BCUT2D eigenvalue weighted by atomic mass is 32.2. The van der Waals surface area contributed by atoms with E-state index in [4.69, 9.17) is 4.42 Å². The fourth-order valence-corrected chi connectivity index (χ4v) is 4.62. The first-order valence-electron chi connectivity index (χ1n) is 10.1. The first-order valence-corrected chi connectivity index (χ1v) is 11.5. The van der Waals surface area contributed by atoms with Crippen molar-refractivity contribution in [3.05, 3.63) is 60.1 Å². The summed E-state index contributed by atoms with van der Waals surface area (Å²) < 4.78 is 32.6. The van der Waals surface area contributed by atoms with Gasteiger partial charge < -0.3 is 14.6 Å². The van der Waals surface area contributed by atoms with Crippen molar-refractivity contribution in [1.29, 1.82) is 0 Å². The van der Waals surface area contributed by atoms with E-state index in [1.54, 1.807) is 11.0 Å². The van der Waals surface area contributed by atoms with Crippen molar-refractivity contribution in [2.24, 2.45) is 0 Å². The summed E-state index contributed by atoms with van der Waals surface area (Å²) in [6.45, 7) is 1.22. The number of furan rings is 1. The molecule has 0 spiro atoms. The third-order valence-corrected chi connectivity index (χ3v) is 7.13. The first kappa shape index (κ1) is 23.0. The average Bonchev–Trinajstić information content (AvgIpc) is 3.17. The Balaban J connectivity index is 1.75. The Morgan fingerprint density at radius 3 is 2.45 bits per heavy atom. The largest absolute Gasteiger partial charge is 0.459 e. The summed E-state index contributed by atoms with van der Waals surface area (Å²) in [5, 5.41) is 2.78. The monoisotopic (exact) mass is 448 g/mol. The van der Waals surface area contributed by atoms with Crippen LogP contribution < -0.4 is 5.32 Å². The molecule has 1 saturated heterocycles. The molecule has 1 atom stereocenters. The molecule has 1 N–H and O–H groups in total. The fraction of sp³-hybridized carbons (Fsp3) is 0.429. The fourth-order valence-electron chi connectivity index (χ4n) is 3.48. The molecule has 1 fully saturated rings. The van der Waals surface area contributed by atoms with E-state index in [9.17, 15) is 18.0 Å². The molecule has 0 radical (unpaired) electrons. The second kappa shape index (κ2) is 10.1. The van der Waals surface area contributed by atoms with Crippen LogP contribution in [-0.4, -0.2) is 80.1 Å². The predicted octanol–water partition coefficient (Wildman–Crippen LogP) is 0.961. The van der Waals surface area contributed by atoms with Crippen molar-refractivity contribution in [2.45, 2.75) is 18.9 Å². The lowest BCUT2D eigenvalue weighted by Crippen LogP contribution is -2.50. The van der Waals surface area contributed by atoms with Crippen LogP contribution >= 0.6 is 0 Å². The number of nitrogens with zero attached hydrogens (tertiary/aromatic N) is 3. The van der Waals surface area contributed by atoms with Gasteiger partial charge in [0.15, 0.2) is 5.76 Å². The quantitative estimate of drug-likeness (QED) is 0.680. The molecule has 2 aromatic rings. The number of hydrogen-bond acceptors (Lipinski definition) is 5. The lowest BCUT2D eigenvalue weighted by molar-refractivity contribution is -0.133. The number of hydrogen-bond donors (Lipinski definition) is 1. The molecule has 9 nitrogen and oxygen atoms in total. The van der Waals surface area contributed by atoms with Gasteiger partial charge in [-0.2, -0.15) is 17.0 Å². The summed E-state index contributed by atoms with van der Waals surface area (Å²) in [6.07, 6.45) is 2.24. The van der Waals surface area contributed by atoms with Gasteiger partial charge in [-0.1, -0.05) is 30.3 Å². The van der Waals surface area contributed by atoms with Gasteiger partial charge >= 0.3 is 0 Å². The van der Waals surface area contributed by atoms with Crippen molar-refractivity contribution in [3.63, 3.8) is 0 Å². The zero-order chi connectivity index (χ0) is 22.4. The zero-order valence-corrected chi connectivity index (χ0v) is 18.5. The van der Waals surface area contributed by atoms with Crippen LogP contribution in [-0.2, 0) is 21.4 Å². The van der Waals surface area contributed by atoms with Crippen LogP contribution in [0.15, 0.2) is 53.1 Å². The van der Waals surface area contributed by atoms with Crippen molar-refractivity contribution in [1.82, 2.24) is 18.8 Å². The third kappa shape index (κ3) is 5.72. The third-order valence-electron chi connectivity index (χ3n) is 5.19. The standard InChI is InChI=1S/C21H28N4O5S/c1-23(2)31(28,29)25-12-7-11-24(13-14-25)21(27)18(16-17-8-4-3-5-9-17)22-20(26)19-10-6-15-30-19/h3-6,8-10,15,18H,7,11-14,16H2,1-2H3,(H,22,26). The zero-order valence-electron chi connectivity index (χ0n) is 17.7. The molecule has 0 bridgehead atoms. The van der Waals surface area contributed by atoms with Crippen LogP contribution in [0, 0.1) is 0 Å². The van der Waals surface area contributed by atoms with Crippen LogP contribution in [0.3, 0.4) is 0 Å². The smallest absolute Gasteiger partial charge is 0.287 e. The summed E-state index contributed by atoms with van der Waals surface area (Å²) >= 11 is 0. The summed E-state index contributed by atoms with van der Waals surface area (Å²) in [5.74, 6) is -0.580. The molecule has 0 aliphatic carbocycles.